The molecule has 0 aliphatic rings. The van der Waals surface area contributed by atoms with Crippen molar-refractivity contribution in [3.8, 4) is 0 Å². The minimum Gasteiger partial charge on any atom is -0.324 e. The van der Waals surface area contributed by atoms with Gasteiger partial charge in [-0.25, -0.2) is 8.78 Å². The number of hydrogen-bond donors (Lipinski definition) is 1. The van der Waals surface area contributed by atoms with Crippen LogP contribution in [0.5, 0.6) is 0 Å². The van der Waals surface area contributed by atoms with Crippen molar-refractivity contribution >= 4 is 11.6 Å². The van der Waals surface area contributed by atoms with Crippen molar-refractivity contribution in [1.29, 1.82) is 0 Å². The summed E-state index contributed by atoms with van der Waals surface area (Å²) in [6.45, 7) is 5.99. The fourth-order valence-electron chi connectivity index (χ4n) is 2.35. The Morgan fingerprint density at radius 1 is 1.29 bits per heavy atom. The van der Waals surface area contributed by atoms with Gasteiger partial charge in [0.05, 0.1) is 16.4 Å². The smallest absolute Gasteiger partial charge is 0.130 e. The summed E-state index contributed by atoms with van der Waals surface area (Å²) in [5.74, 6) is -1.21. The van der Waals surface area contributed by atoms with Gasteiger partial charge in [0, 0.05) is 30.6 Å². The summed E-state index contributed by atoms with van der Waals surface area (Å²) >= 11 is 6.23. The van der Waals surface area contributed by atoms with E-state index in [1.165, 1.54) is 6.07 Å². The van der Waals surface area contributed by atoms with Gasteiger partial charge in [-0.2, -0.15) is 5.10 Å². The van der Waals surface area contributed by atoms with E-state index in [4.69, 9.17) is 17.3 Å². The van der Waals surface area contributed by atoms with Crippen LogP contribution in [0.25, 0.3) is 0 Å². The largest absolute Gasteiger partial charge is 0.324 e. The van der Waals surface area contributed by atoms with Gasteiger partial charge < -0.3 is 5.73 Å². The highest BCUT2D eigenvalue weighted by atomic mass is 35.5. The fourth-order valence-corrected chi connectivity index (χ4v) is 2.56. The van der Waals surface area contributed by atoms with E-state index in [1.807, 2.05) is 13.8 Å². The first-order valence-corrected chi connectivity index (χ1v) is 7.15. The van der Waals surface area contributed by atoms with Crippen molar-refractivity contribution in [3.63, 3.8) is 0 Å². The second-order valence-electron chi connectivity index (χ2n) is 5.10. The summed E-state index contributed by atoms with van der Waals surface area (Å²) in [4.78, 5) is 0. The van der Waals surface area contributed by atoms with Gasteiger partial charge in [-0.15, -0.1) is 0 Å². The Labute approximate surface area is 127 Å². The second-order valence-corrected chi connectivity index (χ2v) is 5.47. The Hall–Kier alpha value is -1.46. The van der Waals surface area contributed by atoms with Crippen molar-refractivity contribution in [3.05, 3.63) is 51.3 Å². The van der Waals surface area contributed by atoms with Crippen LogP contribution in [0.2, 0.25) is 5.02 Å². The predicted octanol–water partition coefficient (Wildman–Crippen LogP) is 3.69. The molecule has 0 spiro atoms. The van der Waals surface area contributed by atoms with Crippen molar-refractivity contribution in [2.24, 2.45) is 5.73 Å². The van der Waals surface area contributed by atoms with Gasteiger partial charge in [0.1, 0.15) is 11.6 Å². The molecule has 0 aliphatic heterocycles. The summed E-state index contributed by atoms with van der Waals surface area (Å²) in [6.07, 6.45) is 0.343. The van der Waals surface area contributed by atoms with Gasteiger partial charge >= 0.3 is 0 Å². The number of benzene rings is 1. The number of nitrogens with two attached hydrogens (primary N) is 1. The molecule has 0 aliphatic carbocycles. The van der Waals surface area contributed by atoms with Crippen molar-refractivity contribution in [1.82, 2.24) is 9.78 Å². The number of nitrogens with zero attached hydrogens (tertiary/aromatic N) is 2. The zero-order valence-electron chi connectivity index (χ0n) is 12.3. The van der Waals surface area contributed by atoms with Crippen molar-refractivity contribution in [2.45, 2.75) is 39.8 Å². The summed E-state index contributed by atoms with van der Waals surface area (Å²) < 4.78 is 29.0. The highest BCUT2D eigenvalue weighted by Gasteiger charge is 2.20. The molecule has 2 rings (SSSR count). The molecule has 21 heavy (non-hydrogen) atoms. The van der Waals surface area contributed by atoms with Gasteiger partial charge in [-0.05, 0) is 32.4 Å². The minimum absolute atomic E-state index is 0.284. The molecule has 3 nitrogen and oxygen atoms in total. The highest BCUT2D eigenvalue weighted by molar-refractivity contribution is 6.31. The van der Waals surface area contributed by atoms with Gasteiger partial charge in [-0.3, -0.25) is 4.68 Å². The molecule has 1 aromatic carbocycles. The standard InChI is InChI=1S/C15H18ClF2N3/c1-4-21-14(15(16)9(3)20-21)7-13(19)10-5-8(2)11(17)6-12(10)18/h5-6,13H,4,7,19H2,1-3H3. The first kappa shape index (κ1) is 15.9. The first-order valence-electron chi connectivity index (χ1n) is 6.78. The van der Waals surface area contributed by atoms with Gasteiger partial charge in [0.25, 0.3) is 0 Å². The molecule has 114 valence electrons. The lowest BCUT2D eigenvalue weighted by Gasteiger charge is -2.15. The molecule has 0 amide bonds. The third-order valence-corrected chi connectivity index (χ3v) is 4.04. The SMILES string of the molecule is CCn1nc(C)c(Cl)c1CC(N)c1cc(C)c(F)cc1F. The summed E-state index contributed by atoms with van der Waals surface area (Å²) in [5, 5.41) is 4.85. The maximum absolute atomic E-state index is 13.9. The first-order chi connectivity index (χ1) is 9.85. The molecule has 1 heterocycles. The third kappa shape index (κ3) is 3.09. The van der Waals surface area contributed by atoms with E-state index in [2.05, 4.69) is 5.10 Å². The molecule has 1 aromatic heterocycles. The van der Waals surface area contributed by atoms with Gasteiger partial charge in [0.2, 0.25) is 0 Å². The number of rotatable bonds is 4. The average molecular weight is 314 g/mol. The Morgan fingerprint density at radius 2 is 1.95 bits per heavy atom. The van der Waals surface area contributed by atoms with Crippen LogP contribution in [0, 0.1) is 25.5 Å². The van der Waals surface area contributed by atoms with E-state index < -0.39 is 17.7 Å². The molecule has 6 heteroatoms. The van der Waals surface area contributed by atoms with Crippen LogP contribution in [0.4, 0.5) is 8.78 Å². The van der Waals surface area contributed by atoms with E-state index in [0.29, 0.717) is 23.6 Å². The van der Waals surface area contributed by atoms with Crippen LogP contribution in [-0.4, -0.2) is 9.78 Å². The van der Waals surface area contributed by atoms with Gasteiger partial charge in [0.15, 0.2) is 0 Å². The summed E-state index contributed by atoms with van der Waals surface area (Å²) in [7, 11) is 0. The van der Waals surface area contributed by atoms with Crippen LogP contribution < -0.4 is 5.73 Å². The lowest BCUT2D eigenvalue weighted by molar-refractivity contribution is 0.538. The Morgan fingerprint density at radius 3 is 2.57 bits per heavy atom. The normalized spacial score (nSPS) is 12.7. The van der Waals surface area contributed by atoms with Crippen LogP contribution in [0.15, 0.2) is 12.1 Å². The number of aromatic nitrogens is 2. The number of aryl methyl sites for hydroxylation is 3. The lowest BCUT2D eigenvalue weighted by Crippen LogP contribution is -2.18. The second kappa shape index (κ2) is 6.12. The Bertz CT molecular complexity index is 667. The fraction of sp³-hybridized carbons (Fsp3) is 0.400. The van der Waals surface area contributed by atoms with Crippen LogP contribution in [-0.2, 0) is 13.0 Å². The van der Waals surface area contributed by atoms with E-state index in [9.17, 15) is 8.78 Å². The van der Waals surface area contributed by atoms with Crippen LogP contribution in [0.1, 0.15) is 35.5 Å². The Kier molecular flexibility index (Phi) is 4.64. The molecule has 0 radical (unpaired) electrons. The zero-order chi connectivity index (χ0) is 15.7. The van der Waals surface area contributed by atoms with E-state index in [1.54, 1.807) is 11.6 Å². The number of hydrogen-bond acceptors (Lipinski definition) is 2. The van der Waals surface area contributed by atoms with Crippen molar-refractivity contribution in [2.75, 3.05) is 0 Å². The molecule has 0 fully saturated rings. The Balaban J connectivity index is 2.34. The minimum atomic E-state index is -0.638. The monoisotopic (exact) mass is 313 g/mol. The zero-order valence-corrected chi connectivity index (χ0v) is 13.0. The summed E-state index contributed by atoms with van der Waals surface area (Å²) in [6, 6.07) is 1.71. The topological polar surface area (TPSA) is 43.8 Å². The van der Waals surface area contributed by atoms with E-state index in [0.717, 1.165) is 17.5 Å². The average Bonchev–Trinajstić information content (AvgIpc) is 2.70. The molecule has 2 aromatic rings. The maximum Gasteiger partial charge on any atom is 0.130 e. The molecular weight excluding hydrogens is 296 g/mol. The van der Waals surface area contributed by atoms with Crippen LogP contribution >= 0.6 is 11.6 Å². The molecule has 1 unspecified atom stereocenters. The highest BCUT2D eigenvalue weighted by Crippen LogP contribution is 2.27. The number of halogens is 3. The van der Waals surface area contributed by atoms with Crippen molar-refractivity contribution < 1.29 is 8.78 Å². The summed E-state index contributed by atoms with van der Waals surface area (Å²) in [5.41, 5.74) is 8.23. The van der Waals surface area contributed by atoms with Crippen LogP contribution in [0.3, 0.4) is 0 Å². The maximum atomic E-state index is 13.9. The molecule has 2 N–H and O–H groups in total. The van der Waals surface area contributed by atoms with E-state index >= 15 is 0 Å². The van der Waals surface area contributed by atoms with Gasteiger partial charge in [-0.1, -0.05) is 11.6 Å². The third-order valence-electron chi connectivity index (χ3n) is 3.54. The quantitative estimate of drug-likeness (QED) is 0.935. The van der Waals surface area contributed by atoms with E-state index in [-0.39, 0.29) is 5.56 Å². The molecular formula is C15H18ClF2N3. The predicted molar refractivity (Wildman–Crippen MR) is 79.4 cm³/mol. The molecule has 0 saturated heterocycles. The molecule has 0 saturated carbocycles. The molecule has 1 atom stereocenters. The molecule has 0 bridgehead atoms. The lowest BCUT2D eigenvalue weighted by atomic mass is 10.00.